The van der Waals surface area contributed by atoms with Crippen LogP contribution in [0.25, 0.3) is 0 Å². The quantitative estimate of drug-likeness (QED) is 0.735. The number of nitrogens with one attached hydrogen (secondary N) is 2. The SMILES string of the molecule is Cl.NCc1ccc(C(=O)NCc2cccc(NC(=O)N3CCCC3)c2)cc1. The Kier molecular flexibility index (Phi) is 7.64. The summed E-state index contributed by atoms with van der Waals surface area (Å²) in [4.78, 5) is 26.2. The van der Waals surface area contributed by atoms with Gasteiger partial charge >= 0.3 is 6.03 Å². The Morgan fingerprint density at radius 1 is 1.00 bits per heavy atom. The van der Waals surface area contributed by atoms with Gasteiger partial charge in [0.1, 0.15) is 0 Å². The first-order valence-corrected chi connectivity index (χ1v) is 8.88. The van der Waals surface area contributed by atoms with Crippen molar-refractivity contribution >= 4 is 30.0 Å². The maximum Gasteiger partial charge on any atom is 0.321 e. The van der Waals surface area contributed by atoms with Crippen molar-refractivity contribution in [3.05, 3.63) is 65.2 Å². The van der Waals surface area contributed by atoms with Crippen molar-refractivity contribution in [2.75, 3.05) is 18.4 Å². The molecule has 27 heavy (non-hydrogen) atoms. The van der Waals surface area contributed by atoms with Crippen LogP contribution >= 0.6 is 12.4 Å². The summed E-state index contributed by atoms with van der Waals surface area (Å²) in [5, 5.41) is 5.81. The maximum atomic E-state index is 12.2. The molecule has 0 atom stereocenters. The molecule has 0 spiro atoms. The molecule has 4 N–H and O–H groups in total. The minimum absolute atomic E-state index is 0. The van der Waals surface area contributed by atoms with E-state index in [-0.39, 0.29) is 24.3 Å². The predicted molar refractivity (Wildman–Crippen MR) is 109 cm³/mol. The lowest BCUT2D eigenvalue weighted by Crippen LogP contribution is -2.32. The number of carbonyl (C=O) groups is 2. The first-order valence-electron chi connectivity index (χ1n) is 8.88. The molecule has 144 valence electrons. The van der Waals surface area contributed by atoms with Gasteiger partial charge in [-0.3, -0.25) is 4.79 Å². The van der Waals surface area contributed by atoms with E-state index in [0.717, 1.165) is 42.7 Å². The van der Waals surface area contributed by atoms with E-state index in [0.29, 0.717) is 18.7 Å². The van der Waals surface area contributed by atoms with Gasteiger partial charge in [0.05, 0.1) is 0 Å². The van der Waals surface area contributed by atoms with Gasteiger partial charge < -0.3 is 21.3 Å². The van der Waals surface area contributed by atoms with Crippen molar-refractivity contribution in [2.45, 2.75) is 25.9 Å². The van der Waals surface area contributed by atoms with Gasteiger partial charge in [0.25, 0.3) is 5.91 Å². The third kappa shape index (κ3) is 5.70. The molecule has 2 aromatic rings. The smallest absolute Gasteiger partial charge is 0.321 e. The van der Waals surface area contributed by atoms with Crippen LogP contribution in [0.3, 0.4) is 0 Å². The Labute approximate surface area is 165 Å². The van der Waals surface area contributed by atoms with Gasteiger partial charge in [-0.05, 0) is 48.2 Å². The Morgan fingerprint density at radius 2 is 1.70 bits per heavy atom. The van der Waals surface area contributed by atoms with Gasteiger partial charge in [-0.15, -0.1) is 12.4 Å². The van der Waals surface area contributed by atoms with Gasteiger partial charge in [0.15, 0.2) is 0 Å². The Balaban J connectivity index is 0.00000261. The summed E-state index contributed by atoms with van der Waals surface area (Å²) in [5.41, 5.74) is 8.82. The highest BCUT2D eigenvalue weighted by Gasteiger charge is 2.17. The standard InChI is InChI=1S/C20H24N4O2.ClH/c21-13-15-6-8-17(9-7-15)19(25)22-14-16-4-3-5-18(12-16)23-20(26)24-10-1-2-11-24;/h3-9,12H,1-2,10-11,13-14,21H2,(H,22,25)(H,23,26);1H. The van der Waals surface area contributed by atoms with E-state index in [4.69, 9.17) is 5.73 Å². The number of nitrogens with two attached hydrogens (primary N) is 1. The molecule has 0 aromatic heterocycles. The number of hydrogen-bond acceptors (Lipinski definition) is 3. The highest BCUT2D eigenvalue weighted by Crippen LogP contribution is 2.14. The zero-order valence-electron chi connectivity index (χ0n) is 15.1. The second-order valence-corrected chi connectivity index (χ2v) is 6.41. The maximum absolute atomic E-state index is 12.2. The van der Waals surface area contributed by atoms with E-state index >= 15 is 0 Å². The molecule has 1 aliphatic rings. The number of halogens is 1. The summed E-state index contributed by atoms with van der Waals surface area (Å²) in [6.07, 6.45) is 2.12. The van der Waals surface area contributed by atoms with E-state index in [1.54, 1.807) is 12.1 Å². The molecule has 1 heterocycles. The fourth-order valence-corrected chi connectivity index (χ4v) is 2.96. The predicted octanol–water partition coefficient (Wildman–Crippen LogP) is 3.12. The summed E-state index contributed by atoms with van der Waals surface area (Å²) in [6.45, 7) is 2.47. The normalized spacial score (nSPS) is 13.0. The van der Waals surface area contributed by atoms with Crippen LogP contribution in [0.4, 0.5) is 10.5 Å². The number of urea groups is 1. The number of hydrogen-bond donors (Lipinski definition) is 3. The van der Waals surface area contributed by atoms with Crippen LogP contribution in [0.5, 0.6) is 0 Å². The molecule has 3 amide bonds. The van der Waals surface area contributed by atoms with E-state index in [9.17, 15) is 9.59 Å². The van der Waals surface area contributed by atoms with Crippen molar-refractivity contribution in [1.82, 2.24) is 10.2 Å². The molecule has 2 aromatic carbocycles. The summed E-state index contributed by atoms with van der Waals surface area (Å²) in [7, 11) is 0. The van der Waals surface area contributed by atoms with Crippen LogP contribution in [0.2, 0.25) is 0 Å². The summed E-state index contributed by atoms with van der Waals surface area (Å²) in [6, 6.07) is 14.7. The number of likely N-dealkylation sites (tertiary alicyclic amines) is 1. The number of carbonyl (C=O) groups excluding carboxylic acids is 2. The second kappa shape index (κ2) is 9.94. The van der Waals surface area contributed by atoms with E-state index in [1.807, 2.05) is 41.3 Å². The highest BCUT2D eigenvalue weighted by atomic mass is 35.5. The van der Waals surface area contributed by atoms with E-state index < -0.39 is 0 Å². The molecule has 6 nitrogen and oxygen atoms in total. The molecule has 1 aliphatic heterocycles. The summed E-state index contributed by atoms with van der Waals surface area (Å²) in [5.74, 6) is -0.139. The Bertz CT molecular complexity index is 774. The Morgan fingerprint density at radius 3 is 2.37 bits per heavy atom. The Hall–Kier alpha value is -2.57. The molecule has 3 rings (SSSR count). The zero-order valence-corrected chi connectivity index (χ0v) is 15.9. The highest BCUT2D eigenvalue weighted by molar-refractivity contribution is 5.94. The monoisotopic (exact) mass is 388 g/mol. The van der Waals surface area contributed by atoms with Gasteiger partial charge in [-0.2, -0.15) is 0 Å². The molecule has 7 heteroatoms. The fraction of sp³-hybridized carbons (Fsp3) is 0.300. The summed E-state index contributed by atoms with van der Waals surface area (Å²) < 4.78 is 0. The molecule has 0 aliphatic carbocycles. The van der Waals surface area contributed by atoms with Crippen molar-refractivity contribution in [1.29, 1.82) is 0 Å². The lowest BCUT2D eigenvalue weighted by Gasteiger charge is -2.16. The first kappa shape index (κ1) is 20.7. The molecule has 0 bridgehead atoms. The molecule has 1 saturated heterocycles. The average Bonchev–Trinajstić information content (AvgIpc) is 3.21. The second-order valence-electron chi connectivity index (χ2n) is 6.41. The van der Waals surface area contributed by atoms with Crippen LogP contribution in [0.1, 0.15) is 34.3 Å². The van der Waals surface area contributed by atoms with Crippen LogP contribution < -0.4 is 16.4 Å². The van der Waals surface area contributed by atoms with Crippen LogP contribution in [0, 0.1) is 0 Å². The van der Waals surface area contributed by atoms with Crippen LogP contribution in [-0.2, 0) is 13.1 Å². The van der Waals surface area contributed by atoms with Gasteiger partial charge in [0.2, 0.25) is 0 Å². The number of benzene rings is 2. The molecular weight excluding hydrogens is 364 g/mol. The number of nitrogens with zero attached hydrogens (tertiary/aromatic N) is 1. The zero-order chi connectivity index (χ0) is 18.4. The van der Waals surface area contributed by atoms with Crippen LogP contribution in [-0.4, -0.2) is 29.9 Å². The number of anilines is 1. The fourth-order valence-electron chi connectivity index (χ4n) is 2.96. The van der Waals surface area contributed by atoms with E-state index in [2.05, 4.69) is 10.6 Å². The average molecular weight is 389 g/mol. The minimum Gasteiger partial charge on any atom is -0.348 e. The van der Waals surface area contributed by atoms with Crippen molar-refractivity contribution in [2.24, 2.45) is 5.73 Å². The van der Waals surface area contributed by atoms with Gasteiger partial charge in [-0.25, -0.2) is 4.79 Å². The van der Waals surface area contributed by atoms with Gasteiger partial charge in [0, 0.05) is 37.4 Å². The molecule has 0 saturated carbocycles. The number of amides is 3. The molecule has 1 fully saturated rings. The molecular formula is C20H25ClN4O2. The minimum atomic E-state index is -0.139. The van der Waals surface area contributed by atoms with Crippen molar-refractivity contribution in [3.8, 4) is 0 Å². The number of rotatable bonds is 5. The third-order valence-electron chi connectivity index (χ3n) is 4.48. The topological polar surface area (TPSA) is 87.5 Å². The lowest BCUT2D eigenvalue weighted by atomic mass is 10.1. The van der Waals surface area contributed by atoms with Crippen molar-refractivity contribution in [3.63, 3.8) is 0 Å². The third-order valence-corrected chi connectivity index (χ3v) is 4.48. The summed E-state index contributed by atoms with van der Waals surface area (Å²) >= 11 is 0. The first-order chi connectivity index (χ1) is 12.7. The van der Waals surface area contributed by atoms with Gasteiger partial charge in [-0.1, -0.05) is 24.3 Å². The van der Waals surface area contributed by atoms with Crippen molar-refractivity contribution < 1.29 is 9.59 Å². The molecule has 0 radical (unpaired) electrons. The van der Waals surface area contributed by atoms with E-state index in [1.165, 1.54) is 0 Å². The lowest BCUT2D eigenvalue weighted by molar-refractivity contribution is 0.0951. The van der Waals surface area contributed by atoms with Crippen LogP contribution in [0.15, 0.2) is 48.5 Å². The largest absolute Gasteiger partial charge is 0.348 e. The molecule has 0 unspecified atom stereocenters.